The Morgan fingerprint density at radius 1 is 1.00 bits per heavy atom. The van der Waals surface area contributed by atoms with Gasteiger partial charge in [-0.1, -0.05) is 24.3 Å². The highest BCUT2D eigenvalue weighted by atomic mass is 32.1. The molecule has 5 rings (SSSR count). The zero-order valence-electron chi connectivity index (χ0n) is 13.6. The van der Waals surface area contributed by atoms with Gasteiger partial charge in [-0.3, -0.25) is 4.79 Å². The van der Waals surface area contributed by atoms with Crippen LogP contribution in [-0.2, 0) is 0 Å². The lowest BCUT2D eigenvalue weighted by atomic mass is 9.96. The summed E-state index contributed by atoms with van der Waals surface area (Å²) < 4.78 is 0.621. The molecule has 0 saturated heterocycles. The molecule has 0 radical (unpaired) electrons. The molecule has 130 valence electrons. The summed E-state index contributed by atoms with van der Waals surface area (Å²) in [7, 11) is 0. The molecule has 27 heavy (non-hydrogen) atoms. The fraction of sp³-hybridized carbons (Fsp3) is 0. The van der Waals surface area contributed by atoms with Crippen molar-refractivity contribution in [2.45, 2.75) is 0 Å². The van der Waals surface area contributed by atoms with Crippen LogP contribution in [0.2, 0.25) is 0 Å². The second kappa shape index (κ2) is 5.92. The van der Waals surface area contributed by atoms with Crippen LogP contribution in [0.3, 0.4) is 0 Å². The third kappa shape index (κ3) is 2.36. The van der Waals surface area contributed by atoms with Gasteiger partial charge < -0.3 is 4.98 Å². The Morgan fingerprint density at radius 3 is 2.56 bits per heavy atom. The minimum absolute atomic E-state index is 0.141. The number of hydrogen-bond donors (Lipinski definition) is 2. The lowest BCUT2D eigenvalue weighted by Gasteiger charge is -2.10. The molecule has 8 nitrogen and oxygen atoms in total. The van der Waals surface area contributed by atoms with E-state index in [1.165, 1.54) is 11.3 Å². The van der Waals surface area contributed by atoms with Crippen LogP contribution in [-0.4, -0.2) is 25.6 Å². The quantitative estimate of drug-likeness (QED) is 0.463. The van der Waals surface area contributed by atoms with Crippen LogP contribution in [0.25, 0.3) is 43.5 Å². The molecule has 0 bridgehead atoms. The molecule has 3 heterocycles. The van der Waals surface area contributed by atoms with Crippen LogP contribution in [0.15, 0.2) is 57.8 Å². The van der Waals surface area contributed by atoms with Gasteiger partial charge >= 0.3 is 0 Å². The number of fused-ring (bicyclic) bond motifs is 3. The van der Waals surface area contributed by atoms with E-state index in [9.17, 15) is 9.70 Å². The SMILES string of the molecule is O=Nc1ccc2[nH]c(=O)c3sccc3c2c1-c1ccc(-c2nn[nH]n2)cc1. The number of tetrazole rings is 1. The van der Waals surface area contributed by atoms with Crippen LogP contribution < -0.4 is 5.56 Å². The average Bonchev–Trinajstić information content (AvgIpc) is 3.40. The largest absolute Gasteiger partial charge is 0.321 e. The fourth-order valence-electron chi connectivity index (χ4n) is 3.27. The van der Waals surface area contributed by atoms with Crippen LogP contribution in [0.4, 0.5) is 5.69 Å². The minimum atomic E-state index is -0.141. The van der Waals surface area contributed by atoms with Crippen molar-refractivity contribution >= 4 is 38.0 Å². The summed E-state index contributed by atoms with van der Waals surface area (Å²) in [6.07, 6.45) is 0. The molecule has 0 saturated carbocycles. The number of thiophene rings is 1. The number of rotatable bonds is 3. The first-order valence-electron chi connectivity index (χ1n) is 8.00. The summed E-state index contributed by atoms with van der Waals surface area (Å²) in [5.41, 5.74) is 3.12. The van der Waals surface area contributed by atoms with Crippen molar-refractivity contribution in [3.05, 3.63) is 63.1 Å². The number of pyridine rings is 1. The van der Waals surface area contributed by atoms with Crippen LogP contribution >= 0.6 is 11.3 Å². The predicted octanol–water partition coefficient (Wildman–Crippen LogP) is 3.99. The maximum absolute atomic E-state index is 12.3. The molecular formula is C18H10N6O2S. The Balaban J connectivity index is 1.82. The summed E-state index contributed by atoms with van der Waals surface area (Å²) in [6, 6.07) is 12.7. The second-order valence-electron chi connectivity index (χ2n) is 5.90. The lowest BCUT2D eigenvalue weighted by Crippen LogP contribution is -2.04. The number of H-pyrrole nitrogens is 2. The predicted molar refractivity (Wildman–Crippen MR) is 104 cm³/mol. The average molecular weight is 374 g/mol. The van der Waals surface area contributed by atoms with Gasteiger partial charge in [0, 0.05) is 27.4 Å². The molecule has 0 unspecified atom stereocenters. The Morgan fingerprint density at radius 2 is 1.81 bits per heavy atom. The molecule has 0 atom stereocenters. The lowest BCUT2D eigenvalue weighted by molar-refractivity contribution is 0.881. The molecule has 0 aliphatic heterocycles. The first-order chi connectivity index (χ1) is 13.3. The van der Waals surface area contributed by atoms with Crippen molar-refractivity contribution in [2.24, 2.45) is 5.18 Å². The fourth-order valence-corrected chi connectivity index (χ4v) is 4.07. The molecule has 0 aliphatic carbocycles. The number of nitrogens with zero attached hydrogens (tertiary/aromatic N) is 4. The van der Waals surface area contributed by atoms with Crippen LogP contribution in [0, 0.1) is 4.91 Å². The van der Waals surface area contributed by atoms with Gasteiger partial charge in [-0.15, -0.1) is 26.4 Å². The number of aromatic amines is 2. The minimum Gasteiger partial charge on any atom is -0.321 e. The van der Waals surface area contributed by atoms with E-state index in [-0.39, 0.29) is 5.56 Å². The molecule has 0 aliphatic rings. The molecule has 3 aromatic heterocycles. The monoisotopic (exact) mass is 374 g/mol. The summed E-state index contributed by atoms with van der Waals surface area (Å²) in [4.78, 5) is 26.7. The van der Waals surface area contributed by atoms with E-state index in [0.29, 0.717) is 27.3 Å². The molecule has 2 N–H and O–H groups in total. The van der Waals surface area contributed by atoms with E-state index in [0.717, 1.165) is 21.9 Å². The van der Waals surface area contributed by atoms with E-state index in [4.69, 9.17) is 0 Å². The number of aromatic nitrogens is 5. The van der Waals surface area contributed by atoms with Crippen LogP contribution in [0.5, 0.6) is 0 Å². The van der Waals surface area contributed by atoms with Crippen molar-refractivity contribution < 1.29 is 0 Å². The van der Waals surface area contributed by atoms with Gasteiger partial charge in [-0.25, -0.2) is 0 Å². The number of nitroso groups, excluding NO2 is 1. The van der Waals surface area contributed by atoms with Crippen molar-refractivity contribution in [3.63, 3.8) is 0 Å². The second-order valence-corrected chi connectivity index (χ2v) is 6.82. The van der Waals surface area contributed by atoms with E-state index in [2.05, 4.69) is 30.8 Å². The first-order valence-corrected chi connectivity index (χ1v) is 8.88. The van der Waals surface area contributed by atoms with Gasteiger partial charge in [0.25, 0.3) is 5.56 Å². The number of benzene rings is 2. The van der Waals surface area contributed by atoms with E-state index in [1.54, 1.807) is 12.1 Å². The highest BCUT2D eigenvalue weighted by molar-refractivity contribution is 7.17. The Kier molecular flexibility index (Phi) is 3.41. The van der Waals surface area contributed by atoms with Gasteiger partial charge in [0.05, 0.1) is 0 Å². The van der Waals surface area contributed by atoms with Crippen molar-refractivity contribution in [1.82, 2.24) is 25.6 Å². The summed E-state index contributed by atoms with van der Waals surface area (Å²) in [5.74, 6) is 0.484. The molecule has 0 amide bonds. The van der Waals surface area contributed by atoms with E-state index in [1.807, 2.05) is 35.7 Å². The zero-order valence-corrected chi connectivity index (χ0v) is 14.4. The summed E-state index contributed by atoms with van der Waals surface area (Å²) >= 11 is 1.37. The highest BCUT2D eigenvalue weighted by Crippen LogP contribution is 2.40. The Hall–Kier alpha value is -3.72. The molecular weight excluding hydrogens is 364 g/mol. The van der Waals surface area contributed by atoms with Gasteiger partial charge in [0.2, 0.25) is 5.82 Å². The van der Waals surface area contributed by atoms with Crippen molar-refractivity contribution in [2.75, 3.05) is 0 Å². The standard InChI is InChI=1S/C18H10N6O2S/c25-18-16-11(7-8-27-16)15-12(19-18)5-6-13(22-26)14(15)9-1-3-10(4-2-9)17-20-23-24-21-17/h1-8H,(H,19,25)(H,20,21,23,24). The van der Waals surface area contributed by atoms with Gasteiger partial charge in [0.15, 0.2) is 0 Å². The molecule has 0 fully saturated rings. The molecule has 2 aromatic carbocycles. The van der Waals surface area contributed by atoms with Gasteiger partial charge in [0.1, 0.15) is 10.4 Å². The molecule has 9 heteroatoms. The third-order valence-corrected chi connectivity index (χ3v) is 5.36. The van der Waals surface area contributed by atoms with Crippen molar-refractivity contribution in [1.29, 1.82) is 0 Å². The zero-order chi connectivity index (χ0) is 18.4. The normalized spacial score (nSPS) is 11.3. The Labute approximate surface area is 154 Å². The highest BCUT2D eigenvalue weighted by Gasteiger charge is 2.16. The topological polar surface area (TPSA) is 117 Å². The first kappa shape index (κ1) is 15.5. The van der Waals surface area contributed by atoms with Gasteiger partial charge in [-0.2, -0.15) is 5.21 Å². The number of nitrogens with one attached hydrogen (secondary N) is 2. The summed E-state index contributed by atoms with van der Waals surface area (Å²) in [6.45, 7) is 0. The van der Waals surface area contributed by atoms with Gasteiger partial charge in [-0.05, 0) is 39.5 Å². The third-order valence-electron chi connectivity index (χ3n) is 4.45. The summed E-state index contributed by atoms with van der Waals surface area (Å²) in [5, 5.41) is 20.6. The number of hydrogen-bond acceptors (Lipinski definition) is 7. The smallest absolute Gasteiger partial charge is 0.266 e. The van der Waals surface area contributed by atoms with Crippen molar-refractivity contribution in [3.8, 4) is 22.5 Å². The maximum atomic E-state index is 12.3. The Bertz CT molecular complexity index is 1350. The molecule has 5 aromatic rings. The van der Waals surface area contributed by atoms with E-state index >= 15 is 0 Å². The molecule has 0 spiro atoms. The van der Waals surface area contributed by atoms with Crippen LogP contribution in [0.1, 0.15) is 0 Å². The maximum Gasteiger partial charge on any atom is 0.266 e. The van der Waals surface area contributed by atoms with E-state index < -0.39 is 0 Å².